The standard InChI is InChI=1S/C14H20N2O2/c1-2-15-12-5-3-11(4-6-12)14(17)16-13-7-9-18-10-8-13/h3-6,13,15H,2,7-10H2,1H3,(H,16,17). The zero-order valence-corrected chi connectivity index (χ0v) is 10.7. The molecule has 0 radical (unpaired) electrons. The molecule has 1 heterocycles. The molecule has 0 bridgehead atoms. The molecule has 1 fully saturated rings. The van der Waals surface area contributed by atoms with Crippen LogP contribution < -0.4 is 10.6 Å². The molecule has 1 aliphatic rings. The van der Waals surface area contributed by atoms with Gasteiger partial charge in [-0.25, -0.2) is 0 Å². The van der Waals surface area contributed by atoms with Crippen LogP contribution in [0.4, 0.5) is 5.69 Å². The molecule has 4 heteroatoms. The molecule has 1 aromatic rings. The van der Waals surface area contributed by atoms with E-state index in [4.69, 9.17) is 4.74 Å². The van der Waals surface area contributed by atoms with Gasteiger partial charge in [-0.3, -0.25) is 4.79 Å². The highest BCUT2D eigenvalue weighted by Gasteiger charge is 2.16. The van der Waals surface area contributed by atoms with Crippen molar-refractivity contribution in [2.45, 2.75) is 25.8 Å². The van der Waals surface area contributed by atoms with E-state index < -0.39 is 0 Å². The fraction of sp³-hybridized carbons (Fsp3) is 0.500. The first-order chi connectivity index (χ1) is 8.79. The molecule has 2 rings (SSSR count). The maximum Gasteiger partial charge on any atom is 0.251 e. The van der Waals surface area contributed by atoms with Gasteiger partial charge in [-0.15, -0.1) is 0 Å². The lowest BCUT2D eigenvalue weighted by molar-refractivity contribution is 0.0696. The van der Waals surface area contributed by atoms with Gasteiger partial charge in [0.05, 0.1) is 0 Å². The molecule has 0 aromatic heterocycles. The Bertz CT molecular complexity index is 383. The molecule has 1 aliphatic heterocycles. The van der Waals surface area contributed by atoms with Crippen molar-refractivity contribution in [3.8, 4) is 0 Å². The van der Waals surface area contributed by atoms with Gasteiger partial charge in [0.1, 0.15) is 0 Å². The lowest BCUT2D eigenvalue weighted by Crippen LogP contribution is -2.38. The summed E-state index contributed by atoms with van der Waals surface area (Å²) in [6.45, 7) is 4.41. The molecule has 1 saturated heterocycles. The number of carbonyl (C=O) groups is 1. The second-order valence-corrected chi connectivity index (χ2v) is 4.47. The van der Waals surface area contributed by atoms with Crippen LogP contribution in [0.25, 0.3) is 0 Å². The third kappa shape index (κ3) is 3.47. The summed E-state index contributed by atoms with van der Waals surface area (Å²) in [5.41, 5.74) is 1.75. The molecule has 1 amide bonds. The summed E-state index contributed by atoms with van der Waals surface area (Å²) < 4.78 is 5.27. The van der Waals surface area contributed by atoms with Crippen molar-refractivity contribution < 1.29 is 9.53 Å². The van der Waals surface area contributed by atoms with E-state index in [2.05, 4.69) is 10.6 Å². The van der Waals surface area contributed by atoms with Gasteiger partial charge in [0.25, 0.3) is 5.91 Å². The average Bonchev–Trinajstić information content (AvgIpc) is 2.41. The van der Waals surface area contributed by atoms with E-state index in [0.29, 0.717) is 5.56 Å². The van der Waals surface area contributed by atoms with Gasteiger partial charge >= 0.3 is 0 Å². The van der Waals surface area contributed by atoms with E-state index in [1.807, 2.05) is 31.2 Å². The van der Waals surface area contributed by atoms with Gasteiger partial charge in [-0.2, -0.15) is 0 Å². The van der Waals surface area contributed by atoms with Crippen LogP contribution in [-0.4, -0.2) is 31.7 Å². The van der Waals surface area contributed by atoms with Crippen LogP contribution in [0.3, 0.4) is 0 Å². The van der Waals surface area contributed by atoms with Gasteiger partial charge in [0, 0.05) is 37.1 Å². The van der Waals surface area contributed by atoms with Crippen molar-refractivity contribution in [1.29, 1.82) is 0 Å². The normalized spacial score (nSPS) is 16.3. The highest BCUT2D eigenvalue weighted by Crippen LogP contribution is 2.11. The predicted molar refractivity (Wildman–Crippen MR) is 71.9 cm³/mol. The summed E-state index contributed by atoms with van der Waals surface area (Å²) >= 11 is 0. The zero-order chi connectivity index (χ0) is 12.8. The first kappa shape index (κ1) is 12.9. The van der Waals surface area contributed by atoms with Crippen LogP contribution in [-0.2, 0) is 4.74 Å². The van der Waals surface area contributed by atoms with Crippen LogP contribution in [0.2, 0.25) is 0 Å². The van der Waals surface area contributed by atoms with E-state index in [-0.39, 0.29) is 11.9 Å². The molecule has 0 aliphatic carbocycles. The molecule has 0 unspecified atom stereocenters. The van der Waals surface area contributed by atoms with Crippen LogP contribution >= 0.6 is 0 Å². The summed E-state index contributed by atoms with van der Waals surface area (Å²) in [7, 11) is 0. The van der Waals surface area contributed by atoms with Crippen molar-refractivity contribution in [2.75, 3.05) is 25.1 Å². The number of ether oxygens (including phenoxy) is 1. The van der Waals surface area contributed by atoms with E-state index in [1.54, 1.807) is 0 Å². The van der Waals surface area contributed by atoms with Crippen LogP contribution in [0.1, 0.15) is 30.1 Å². The number of hydrogen-bond donors (Lipinski definition) is 2. The zero-order valence-electron chi connectivity index (χ0n) is 10.7. The Morgan fingerprint density at radius 3 is 2.56 bits per heavy atom. The molecule has 0 saturated carbocycles. The summed E-state index contributed by atoms with van der Waals surface area (Å²) in [4.78, 5) is 12.0. The second-order valence-electron chi connectivity index (χ2n) is 4.47. The lowest BCUT2D eigenvalue weighted by atomic mass is 10.1. The van der Waals surface area contributed by atoms with Crippen molar-refractivity contribution in [2.24, 2.45) is 0 Å². The Hall–Kier alpha value is -1.55. The minimum atomic E-state index is 0.00458. The number of rotatable bonds is 4. The molecule has 4 nitrogen and oxygen atoms in total. The first-order valence-electron chi connectivity index (χ1n) is 6.52. The number of benzene rings is 1. The van der Waals surface area contributed by atoms with Gasteiger partial charge in [0.2, 0.25) is 0 Å². The summed E-state index contributed by atoms with van der Waals surface area (Å²) in [5.74, 6) is 0.00458. The molecule has 98 valence electrons. The van der Waals surface area contributed by atoms with E-state index in [0.717, 1.165) is 38.3 Å². The average molecular weight is 248 g/mol. The number of nitrogens with one attached hydrogen (secondary N) is 2. The smallest absolute Gasteiger partial charge is 0.251 e. The Morgan fingerprint density at radius 1 is 1.28 bits per heavy atom. The van der Waals surface area contributed by atoms with Gasteiger partial charge in [0.15, 0.2) is 0 Å². The predicted octanol–water partition coefficient (Wildman–Crippen LogP) is 2.03. The van der Waals surface area contributed by atoms with Crippen molar-refractivity contribution >= 4 is 11.6 Å². The largest absolute Gasteiger partial charge is 0.385 e. The van der Waals surface area contributed by atoms with Crippen LogP contribution in [0.15, 0.2) is 24.3 Å². The number of hydrogen-bond acceptors (Lipinski definition) is 3. The first-order valence-corrected chi connectivity index (χ1v) is 6.52. The fourth-order valence-corrected chi connectivity index (χ4v) is 2.05. The van der Waals surface area contributed by atoms with Gasteiger partial charge in [-0.1, -0.05) is 0 Å². The Balaban J connectivity index is 1.91. The number of anilines is 1. The van der Waals surface area contributed by atoms with Crippen LogP contribution in [0.5, 0.6) is 0 Å². The lowest BCUT2D eigenvalue weighted by Gasteiger charge is -2.23. The Kier molecular flexibility index (Phi) is 4.59. The molecule has 0 atom stereocenters. The summed E-state index contributed by atoms with van der Waals surface area (Å²) in [6.07, 6.45) is 1.81. The van der Waals surface area contributed by atoms with Crippen LogP contribution in [0, 0.1) is 0 Å². The minimum Gasteiger partial charge on any atom is -0.385 e. The molecule has 1 aromatic carbocycles. The van der Waals surface area contributed by atoms with Crippen molar-refractivity contribution in [3.05, 3.63) is 29.8 Å². The van der Waals surface area contributed by atoms with E-state index in [1.165, 1.54) is 0 Å². The highest BCUT2D eigenvalue weighted by molar-refractivity contribution is 5.94. The highest BCUT2D eigenvalue weighted by atomic mass is 16.5. The number of amides is 1. The fourth-order valence-electron chi connectivity index (χ4n) is 2.05. The molecule has 0 spiro atoms. The Labute approximate surface area is 108 Å². The number of carbonyl (C=O) groups excluding carboxylic acids is 1. The second kappa shape index (κ2) is 6.40. The molecule has 18 heavy (non-hydrogen) atoms. The van der Waals surface area contributed by atoms with Crippen molar-refractivity contribution in [3.63, 3.8) is 0 Å². The molecule has 2 N–H and O–H groups in total. The van der Waals surface area contributed by atoms with Gasteiger partial charge < -0.3 is 15.4 Å². The quantitative estimate of drug-likeness (QED) is 0.857. The molecular formula is C14H20N2O2. The van der Waals surface area contributed by atoms with E-state index in [9.17, 15) is 4.79 Å². The molecular weight excluding hydrogens is 228 g/mol. The SMILES string of the molecule is CCNc1ccc(C(=O)NC2CCOCC2)cc1. The third-order valence-electron chi connectivity index (χ3n) is 3.08. The summed E-state index contributed by atoms with van der Waals surface area (Å²) in [5, 5.41) is 6.25. The maximum atomic E-state index is 12.0. The summed E-state index contributed by atoms with van der Waals surface area (Å²) in [6, 6.07) is 7.82. The topological polar surface area (TPSA) is 50.4 Å². The maximum absolute atomic E-state index is 12.0. The Morgan fingerprint density at radius 2 is 1.94 bits per heavy atom. The monoisotopic (exact) mass is 248 g/mol. The van der Waals surface area contributed by atoms with Crippen molar-refractivity contribution in [1.82, 2.24) is 5.32 Å². The van der Waals surface area contributed by atoms with E-state index >= 15 is 0 Å². The van der Waals surface area contributed by atoms with Gasteiger partial charge in [-0.05, 0) is 44.0 Å². The third-order valence-corrected chi connectivity index (χ3v) is 3.08. The minimum absolute atomic E-state index is 0.00458.